The highest BCUT2D eigenvalue weighted by Gasteiger charge is 2.33. The van der Waals surface area contributed by atoms with Crippen molar-refractivity contribution in [3.05, 3.63) is 34.7 Å². The van der Waals surface area contributed by atoms with E-state index in [0.717, 1.165) is 18.7 Å². The Balaban J connectivity index is 2.04. The first kappa shape index (κ1) is 27.4. The molecule has 1 saturated heterocycles. The first-order chi connectivity index (χ1) is 16.0. The van der Waals surface area contributed by atoms with Gasteiger partial charge in [0, 0.05) is 18.8 Å². The second kappa shape index (κ2) is 15.1. The smallest absolute Gasteiger partial charge is 0.326 e. The average molecular weight is 491 g/mol. The number of carbonyl (C=O) groups is 2. The van der Waals surface area contributed by atoms with Crippen LogP contribution in [0.15, 0.2) is 29.2 Å². The molecule has 0 bridgehead atoms. The highest BCUT2D eigenvalue weighted by Crippen LogP contribution is 2.32. The summed E-state index contributed by atoms with van der Waals surface area (Å²) in [5, 5.41) is 0. The summed E-state index contributed by atoms with van der Waals surface area (Å²) in [5.41, 5.74) is 2.18. The van der Waals surface area contributed by atoms with Gasteiger partial charge in [-0.1, -0.05) is 88.5 Å². The van der Waals surface area contributed by atoms with Crippen LogP contribution in [0.25, 0.3) is 6.08 Å². The summed E-state index contributed by atoms with van der Waals surface area (Å²) in [6, 6.07) is 8.40. The van der Waals surface area contributed by atoms with Crippen LogP contribution in [0.4, 0.5) is 5.69 Å². The first-order valence-corrected chi connectivity index (χ1v) is 13.5. The van der Waals surface area contributed by atoms with E-state index in [1.54, 1.807) is 6.92 Å². The van der Waals surface area contributed by atoms with Gasteiger partial charge < -0.3 is 9.64 Å². The molecule has 33 heavy (non-hydrogen) atoms. The lowest BCUT2D eigenvalue weighted by Gasteiger charge is -2.25. The van der Waals surface area contributed by atoms with Crippen LogP contribution >= 0.6 is 24.0 Å². The maximum absolute atomic E-state index is 12.7. The van der Waals surface area contributed by atoms with Crippen LogP contribution in [0.5, 0.6) is 0 Å². The zero-order valence-corrected chi connectivity index (χ0v) is 21.9. The number of thiocarbonyl (C=S) groups is 1. The van der Waals surface area contributed by atoms with E-state index in [1.165, 1.54) is 73.7 Å². The number of thioether (sulfide) groups is 1. The van der Waals surface area contributed by atoms with Crippen molar-refractivity contribution in [2.45, 2.75) is 72.1 Å². The number of hydrogen-bond donors (Lipinski definition) is 0. The van der Waals surface area contributed by atoms with E-state index in [9.17, 15) is 9.59 Å². The molecule has 182 valence electrons. The molecule has 1 amide bonds. The van der Waals surface area contributed by atoms with Crippen molar-refractivity contribution in [2.24, 2.45) is 0 Å². The molecule has 5 nitrogen and oxygen atoms in total. The molecular formula is C26H38N2O3S2. The van der Waals surface area contributed by atoms with Gasteiger partial charge in [-0.25, -0.2) is 0 Å². The lowest BCUT2D eigenvalue weighted by molar-refractivity contribution is -0.145. The van der Waals surface area contributed by atoms with Crippen LogP contribution in [-0.4, -0.2) is 47.3 Å². The van der Waals surface area contributed by atoms with Crippen molar-refractivity contribution in [1.29, 1.82) is 0 Å². The molecule has 0 N–H and O–H groups in total. The fourth-order valence-electron chi connectivity index (χ4n) is 3.73. The number of anilines is 1. The number of amides is 1. The molecule has 0 saturated carbocycles. The zero-order chi connectivity index (χ0) is 24.1. The summed E-state index contributed by atoms with van der Waals surface area (Å²) in [6.45, 7) is 8.53. The number of nitrogens with zero attached hydrogens (tertiary/aromatic N) is 2. The van der Waals surface area contributed by atoms with Crippen molar-refractivity contribution in [3.8, 4) is 0 Å². The predicted octanol–water partition coefficient (Wildman–Crippen LogP) is 6.42. The van der Waals surface area contributed by atoms with Gasteiger partial charge in [-0.2, -0.15) is 0 Å². The van der Waals surface area contributed by atoms with Gasteiger partial charge in [0.15, 0.2) is 0 Å². The Morgan fingerprint density at radius 3 is 2.15 bits per heavy atom. The van der Waals surface area contributed by atoms with Crippen LogP contribution in [-0.2, 0) is 14.3 Å². The average Bonchev–Trinajstić information content (AvgIpc) is 3.06. The Bertz CT molecular complexity index is 796. The molecule has 1 aromatic carbocycles. The fourth-order valence-corrected chi connectivity index (χ4v) is 4.99. The van der Waals surface area contributed by atoms with Crippen LogP contribution in [0, 0.1) is 0 Å². The number of hydrogen-bond acceptors (Lipinski definition) is 6. The lowest BCUT2D eigenvalue weighted by atomic mass is 10.1. The topological polar surface area (TPSA) is 49.9 Å². The van der Waals surface area contributed by atoms with Gasteiger partial charge in [-0.05, 0) is 43.5 Å². The summed E-state index contributed by atoms with van der Waals surface area (Å²) in [4.78, 5) is 28.8. The zero-order valence-electron chi connectivity index (χ0n) is 20.3. The Hall–Kier alpha value is -1.86. The highest BCUT2D eigenvalue weighted by atomic mass is 32.2. The summed E-state index contributed by atoms with van der Waals surface area (Å²) in [7, 11) is 0. The molecule has 0 aliphatic carbocycles. The number of carbonyl (C=O) groups excluding carboxylic acids is 2. The van der Waals surface area contributed by atoms with Crippen LogP contribution < -0.4 is 4.90 Å². The summed E-state index contributed by atoms with van der Waals surface area (Å²) >= 11 is 6.53. The normalized spacial score (nSPS) is 14.9. The maximum Gasteiger partial charge on any atom is 0.326 e. The molecule has 7 heteroatoms. The molecule has 1 aromatic rings. The van der Waals surface area contributed by atoms with E-state index in [-0.39, 0.29) is 19.1 Å². The van der Waals surface area contributed by atoms with E-state index in [1.807, 2.05) is 6.08 Å². The molecule has 0 radical (unpaired) electrons. The van der Waals surface area contributed by atoms with Crippen molar-refractivity contribution >= 4 is 51.9 Å². The minimum atomic E-state index is -0.447. The Kier molecular flexibility index (Phi) is 12.5. The third-order valence-electron chi connectivity index (χ3n) is 5.59. The Morgan fingerprint density at radius 2 is 1.61 bits per heavy atom. The predicted molar refractivity (Wildman–Crippen MR) is 143 cm³/mol. The molecule has 2 rings (SSSR count). The first-order valence-electron chi connectivity index (χ1n) is 12.3. The van der Waals surface area contributed by atoms with Gasteiger partial charge in [0.05, 0.1) is 11.5 Å². The molecule has 0 unspecified atom stereocenters. The number of ether oxygens (including phenoxy) is 1. The van der Waals surface area contributed by atoms with E-state index < -0.39 is 5.97 Å². The molecule has 0 aromatic heterocycles. The SMILES string of the molecule is CCCCCCN(CCCCCC)c1ccc(/C=C2/SC(=S)N(CC(=O)OCC)C2=O)cc1. The van der Waals surface area contributed by atoms with Gasteiger partial charge in [-0.15, -0.1) is 0 Å². The molecule has 1 aliphatic heterocycles. The van der Waals surface area contributed by atoms with E-state index >= 15 is 0 Å². The summed E-state index contributed by atoms with van der Waals surface area (Å²) < 4.78 is 5.34. The van der Waals surface area contributed by atoms with E-state index in [2.05, 4.69) is 43.0 Å². The van der Waals surface area contributed by atoms with Crippen molar-refractivity contribution in [1.82, 2.24) is 4.90 Å². The third-order valence-corrected chi connectivity index (χ3v) is 6.96. The maximum atomic E-state index is 12.7. The van der Waals surface area contributed by atoms with Crippen molar-refractivity contribution < 1.29 is 14.3 Å². The molecule has 1 heterocycles. The van der Waals surface area contributed by atoms with Crippen molar-refractivity contribution in [2.75, 3.05) is 31.1 Å². The molecular weight excluding hydrogens is 452 g/mol. The van der Waals surface area contributed by atoms with Crippen LogP contribution in [0.1, 0.15) is 77.7 Å². The largest absolute Gasteiger partial charge is 0.465 e. The van der Waals surface area contributed by atoms with Crippen LogP contribution in [0.3, 0.4) is 0 Å². The number of esters is 1. The number of unbranched alkanes of at least 4 members (excludes halogenated alkanes) is 6. The quantitative estimate of drug-likeness (QED) is 0.122. The lowest BCUT2D eigenvalue weighted by Crippen LogP contribution is -2.34. The third kappa shape index (κ3) is 9.13. The number of benzene rings is 1. The number of rotatable bonds is 15. The second-order valence-corrected chi connectivity index (χ2v) is 9.95. The molecule has 1 fully saturated rings. The van der Waals surface area contributed by atoms with Gasteiger partial charge in [-0.3, -0.25) is 14.5 Å². The fraction of sp³-hybridized carbons (Fsp3) is 0.577. The van der Waals surface area contributed by atoms with E-state index in [4.69, 9.17) is 17.0 Å². The van der Waals surface area contributed by atoms with Crippen LogP contribution in [0.2, 0.25) is 0 Å². The molecule has 1 aliphatic rings. The summed E-state index contributed by atoms with van der Waals surface area (Å²) in [6.07, 6.45) is 11.9. The second-order valence-electron chi connectivity index (χ2n) is 8.27. The highest BCUT2D eigenvalue weighted by molar-refractivity contribution is 8.26. The van der Waals surface area contributed by atoms with Crippen molar-refractivity contribution in [3.63, 3.8) is 0 Å². The minimum Gasteiger partial charge on any atom is -0.465 e. The summed E-state index contributed by atoms with van der Waals surface area (Å²) in [5.74, 6) is -0.687. The van der Waals surface area contributed by atoms with Gasteiger partial charge >= 0.3 is 5.97 Å². The standard InChI is InChI=1S/C26H38N2O3S2/c1-4-7-9-11-17-27(18-12-10-8-5-2)22-15-13-21(14-16-22)19-23-25(30)28(26(32)33-23)20-24(29)31-6-3/h13-16,19H,4-12,17-18,20H2,1-3H3/b23-19+. The van der Waals surface area contributed by atoms with Gasteiger partial charge in [0.1, 0.15) is 10.9 Å². The minimum absolute atomic E-state index is 0.139. The monoisotopic (exact) mass is 490 g/mol. The van der Waals surface area contributed by atoms with Gasteiger partial charge in [0.25, 0.3) is 5.91 Å². The van der Waals surface area contributed by atoms with E-state index in [0.29, 0.717) is 9.23 Å². The Labute approximate surface area is 208 Å². The Morgan fingerprint density at radius 1 is 1.00 bits per heavy atom. The van der Waals surface area contributed by atoms with Gasteiger partial charge in [0.2, 0.25) is 0 Å². The molecule has 0 spiro atoms. The molecule has 0 atom stereocenters.